The summed E-state index contributed by atoms with van der Waals surface area (Å²) in [6.07, 6.45) is 2.19. The molecule has 0 radical (unpaired) electrons. The number of Topliss-reactive ketones (excluding diaryl/α,β-unsaturated/α-hetero) is 1. The number of hydrogen-bond donors (Lipinski definition) is 0. The summed E-state index contributed by atoms with van der Waals surface area (Å²) in [6, 6.07) is 7.56. The fourth-order valence-corrected chi connectivity index (χ4v) is 3.78. The van der Waals surface area contributed by atoms with Gasteiger partial charge in [0, 0.05) is 16.5 Å². The van der Waals surface area contributed by atoms with Gasteiger partial charge in [-0.25, -0.2) is 0 Å². The van der Waals surface area contributed by atoms with Gasteiger partial charge in [-0.05, 0) is 30.7 Å². The third kappa shape index (κ3) is 4.84. The topological polar surface area (TPSA) is 35.5 Å². The average Bonchev–Trinajstić information content (AvgIpc) is 2.49. The second-order valence-corrected chi connectivity index (χ2v) is 7.26. The van der Waals surface area contributed by atoms with Gasteiger partial charge < -0.3 is 9.47 Å². The molecule has 0 bridgehead atoms. The Labute approximate surface area is 124 Å². The minimum absolute atomic E-state index is 0.208. The lowest BCUT2D eigenvalue weighted by atomic mass is 10.1. The number of unbranched alkanes of at least 4 members (excludes halogenated alkanes) is 1. The van der Waals surface area contributed by atoms with Gasteiger partial charge in [-0.15, -0.1) is 0 Å². The maximum atomic E-state index is 12.2. The minimum atomic E-state index is 0.208. The molecular weight excluding hydrogens is 272 g/mol. The molecule has 0 atom stereocenters. The van der Waals surface area contributed by atoms with E-state index >= 15 is 0 Å². The van der Waals surface area contributed by atoms with Crippen LogP contribution < -0.4 is 4.74 Å². The lowest BCUT2D eigenvalue weighted by Crippen LogP contribution is -2.31. The number of carbonyl (C=O) groups is 1. The first-order chi connectivity index (χ1) is 9.79. The smallest absolute Gasteiger partial charge is 0.211 e. The van der Waals surface area contributed by atoms with Crippen LogP contribution in [-0.2, 0) is 15.6 Å². The van der Waals surface area contributed by atoms with Crippen LogP contribution in [0.15, 0.2) is 24.3 Å². The van der Waals surface area contributed by atoms with Gasteiger partial charge in [0.25, 0.3) is 0 Å². The molecule has 1 saturated heterocycles. The highest BCUT2D eigenvalue weighted by atomic mass is 32.2. The highest BCUT2D eigenvalue weighted by molar-refractivity contribution is 7.97. The molecule has 2 rings (SSSR count). The van der Waals surface area contributed by atoms with Crippen LogP contribution in [0.25, 0.3) is 0 Å². The molecule has 1 aromatic rings. The van der Waals surface area contributed by atoms with Gasteiger partial charge in [-0.2, -0.15) is 0 Å². The molecule has 0 spiro atoms. The summed E-state index contributed by atoms with van der Waals surface area (Å²) in [4.78, 5) is 12.2. The van der Waals surface area contributed by atoms with E-state index in [1.54, 1.807) is 0 Å². The number of carbonyl (C=O) groups excluding carboxylic acids is 1. The van der Waals surface area contributed by atoms with Crippen LogP contribution in [0.5, 0.6) is 5.75 Å². The van der Waals surface area contributed by atoms with Crippen molar-refractivity contribution in [2.45, 2.75) is 19.8 Å². The van der Waals surface area contributed by atoms with Crippen LogP contribution in [-0.4, -0.2) is 42.9 Å². The van der Waals surface area contributed by atoms with Crippen molar-refractivity contribution in [3.8, 4) is 5.75 Å². The highest BCUT2D eigenvalue weighted by Gasteiger charge is 2.26. The zero-order valence-corrected chi connectivity index (χ0v) is 12.9. The Morgan fingerprint density at radius 3 is 2.60 bits per heavy atom. The molecule has 4 heteroatoms. The first-order valence-electron chi connectivity index (χ1n) is 7.27. The van der Waals surface area contributed by atoms with Crippen molar-refractivity contribution in [3.63, 3.8) is 0 Å². The lowest BCUT2D eigenvalue weighted by Gasteiger charge is -2.13. The SMILES string of the molecule is CCCCOc1ccc(C(=O)C[S+]2CCOCC2)cc1. The molecule has 0 aromatic heterocycles. The van der Waals surface area contributed by atoms with Crippen molar-refractivity contribution in [2.24, 2.45) is 0 Å². The van der Waals surface area contributed by atoms with E-state index in [0.717, 1.165) is 55.5 Å². The molecule has 3 nitrogen and oxygen atoms in total. The van der Waals surface area contributed by atoms with E-state index in [1.165, 1.54) is 0 Å². The first-order valence-corrected chi connectivity index (χ1v) is 9.00. The molecule has 0 unspecified atom stereocenters. The van der Waals surface area contributed by atoms with E-state index in [-0.39, 0.29) is 16.7 Å². The maximum Gasteiger partial charge on any atom is 0.211 e. The molecule has 110 valence electrons. The third-order valence-electron chi connectivity index (χ3n) is 3.31. The van der Waals surface area contributed by atoms with Gasteiger partial charge in [-0.1, -0.05) is 13.3 Å². The van der Waals surface area contributed by atoms with Crippen molar-refractivity contribution in [2.75, 3.05) is 37.1 Å². The summed E-state index contributed by atoms with van der Waals surface area (Å²) in [5.74, 6) is 3.83. The molecule has 1 fully saturated rings. The molecule has 1 aliphatic heterocycles. The fourth-order valence-electron chi connectivity index (χ4n) is 2.04. The summed E-state index contributed by atoms with van der Waals surface area (Å²) in [5.41, 5.74) is 0.798. The molecule has 0 N–H and O–H groups in total. The summed E-state index contributed by atoms with van der Waals surface area (Å²) in [5, 5.41) is 0. The Bertz CT molecular complexity index is 410. The second kappa shape index (κ2) is 8.32. The second-order valence-electron chi connectivity index (χ2n) is 4.93. The number of rotatable bonds is 7. The molecule has 0 amide bonds. The van der Waals surface area contributed by atoms with Crippen LogP contribution in [0.4, 0.5) is 0 Å². The third-order valence-corrected chi connectivity index (χ3v) is 5.47. The van der Waals surface area contributed by atoms with E-state index in [2.05, 4.69) is 6.92 Å². The Morgan fingerprint density at radius 1 is 1.25 bits per heavy atom. The molecular formula is C16H23O3S+. The van der Waals surface area contributed by atoms with Crippen molar-refractivity contribution < 1.29 is 14.3 Å². The zero-order chi connectivity index (χ0) is 14.2. The van der Waals surface area contributed by atoms with Crippen molar-refractivity contribution >= 4 is 16.7 Å². The van der Waals surface area contributed by atoms with Gasteiger partial charge in [0.05, 0.1) is 19.8 Å². The van der Waals surface area contributed by atoms with Gasteiger partial charge in [0.15, 0.2) is 5.75 Å². The van der Waals surface area contributed by atoms with E-state index in [1.807, 2.05) is 24.3 Å². The summed E-state index contributed by atoms with van der Waals surface area (Å²) < 4.78 is 10.9. The zero-order valence-electron chi connectivity index (χ0n) is 12.1. The minimum Gasteiger partial charge on any atom is -0.494 e. The van der Waals surface area contributed by atoms with Gasteiger partial charge >= 0.3 is 0 Å². The van der Waals surface area contributed by atoms with Crippen LogP contribution >= 0.6 is 0 Å². The lowest BCUT2D eigenvalue weighted by molar-refractivity contribution is 0.102. The van der Waals surface area contributed by atoms with Crippen LogP contribution in [0.3, 0.4) is 0 Å². The predicted molar refractivity (Wildman–Crippen MR) is 84.0 cm³/mol. The fraction of sp³-hybridized carbons (Fsp3) is 0.562. The Kier molecular flexibility index (Phi) is 6.40. The van der Waals surface area contributed by atoms with Crippen LogP contribution in [0.1, 0.15) is 30.1 Å². The summed E-state index contributed by atoms with van der Waals surface area (Å²) in [6.45, 7) is 4.50. The number of ketones is 1. The number of hydrogen-bond acceptors (Lipinski definition) is 3. The van der Waals surface area contributed by atoms with Crippen LogP contribution in [0, 0.1) is 0 Å². The van der Waals surface area contributed by atoms with Gasteiger partial charge in [0.1, 0.15) is 17.3 Å². The van der Waals surface area contributed by atoms with Gasteiger partial charge in [0.2, 0.25) is 5.78 Å². The summed E-state index contributed by atoms with van der Waals surface area (Å²) >= 11 is 0. The Hall–Kier alpha value is -1.00. The molecule has 0 aliphatic carbocycles. The predicted octanol–water partition coefficient (Wildman–Crippen LogP) is 2.70. The van der Waals surface area contributed by atoms with Crippen molar-refractivity contribution in [1.82, 2.24) is 0 Å². The van der Waals surface area contributed by atoms with Gasteiger partial charge in [-0.3, -0.25) is 4.79 Å². The largest absolute Gasteiger partial charge is 0.494 e. The normalized spacial score (nSPS) is 16.1. The molecule has 0 saturated carbocycles. The molecule has 1 heterocycles. The molecule has 1 aliphatic rings. The maximum absolute atomic E-state index is 12.2. The quantitative estimate of drug-likeness (QED) is 0.441. The van der Waals surface area contributed by atoms with Crippen molar-refractivity contribution in [3.05, 3.63) is 29.8 Å². The average molecular weight is 295 g/mol. The number of ether oxygens (including phenoxy) is 2. The molecule has 1 aromatic carbocycles. The Balaban J connectivity index is 1.83. The Morgan fingerprint density at radius 2 is 1.95 bits per heavy atom. The standard InChI is InChI=1S/C16H23O3S/c1-2-3-8-19-15-6-4-14(5-7-15)16(17)13-20-11-9-18-10-12-20/h4-7H,2-3,8-13H2,1H3/q+1. The summed E-state index contributed by atoms with van der Waals surface area (Å²) in [7, 11) is 0.208. The number of benzene rings is 1. The van der Waals surface area contributed by atoms with E-state index in [9.17, 15) is 4.79 Å². The monoisotopic (exact) mass is 295 g/mol. The van der Waals surface area contributed by atoms with Crippen molar-refractivity contribution in [1.29, 1.82) is 0 Å². The molecule has 20 heavy (non-hydrogen) atoms. The highest BCUT2D eigenvalue weighted by Crippen LogP contribution is 2.15. The van der Waals surface area contributed by atoms with Crippen LogP contribution in [0.2, 0.25) is 0 Å². The van der Waals surface area contributed by atoms with E-state index in [0.29, 0.717) is 5.75 Å². The first kappa shape index (κ1) is 15.4. The van der Waals surface area contributed by atoms with E-state index < -0.39 is 0 Å². The van der Waals surface area contributed by atoms with E-state index in [4.69, 9.17) is 9.47 Å².